The molecule has 2 atom stereocenters. The third-order valence-corrected chi connectivity index (χ3v) is 33.4. The summed E-state index contributed by atoms with van der Waals surface area (Å²) in [6.07, 6.45) is 42.9. The van der Waals surface area contributed by atoms with E-state index < -0.39 is 5.41 Å². The van der Waals surface area contributed by atoms with Crippen LogP contribution in [0.25, 0.3) is 11.4 Å². The summed E-state index contributed by atoms with van der Waals surface area (Å²) in [6, 6.07) is 23.2. The van der Waals surface area contributed by atoms with Crippen LogP contribution < -0.4 is 95.5 Å². The van der Waals surface area contributed by atoms with Crippen LogP contribution in [0.5, 0.6) is 23.0 Å². The molecule has 150 heavy (non-hydrogen) atoms. The Hall–Kier alpha value is -13.8. The predicted molar refractivity (Wildman–Crippen MR) is 576 cm³/mol. The fourth-order valence-corrected chi connectivity index (χ4v) is 24.0. The Kier molecular flexibility index (Phi) is 30.3. The Balaban J connectivity index is 0.000000121. The van der Waals surface area contributed by atoms with Crippen LogP contribution in [0, 0.1) is 27.6 Å². The van der Waals surface area contributed by atoms with Gasteiger partial charge in [-0.3, -0.25) is 39.0 Å². The number of fused-ring (bicyclic) bond motifs is 4. The van der Waals surface area contributed by atoms with Gasteiger partial charge in [0.05, 0.1) is 110 Å². The molecule has 1 saturated heterocycles. The van der Waals surface area contributed by atoms with E-state index >= 15 is 0 Å². The van der Waals surface area contributed by atoms with Gasteiger partial charge in [0, 0.05) is 145 Å². The van der Waals surface area contributed by atoms with Crippen molar-refractivity contribution < 1.29 is 62.7 Å². The van der Waals surface area contributed by atoms with Crippen molar-refractivity contribution in [2.24, 2.45) is 27.6 Å². The van der Waals surface area contributed by atoms with Crippen molar-refractivity contribution in [1.29, 1.82) is 0 Å². The van der Waals surface area contributed by atoms with Gasteiger partial charge in [-0.25, -0.2) is 29.9 Å². The van der Waals surface area contributed by atoms with Gasteiger partial charge in [-0.15, -0.1) is 0 Å². The third-order valence-electron chi connectivity index (χ3n) is 33.4. The smallest absolute Gasteiger partial charge is 0.265 e. The number of ether oxygens (including phenoxy) is 4. The van der Waals surface area contributed by atoms with Crippen LogP contribution in [0.1, 0.15) is 250 Å². The summed E-state index contributed by atoms with van der Waals surface area (Å²) in [7, 11) is 13.7. The number of methoxy groups -OCH3 is 4. The van der Waals surface area contributed by atoms with Crippen molar-refractivity contribution in [3.63, 3.8) is 0 Å². The number of aromatic amines is 1. The maximum Gasteiger partial charge on any atom is 0.265 e. The number of hydrazine groups is 1. The van der Waals surface area contributed by atoms with E-state index in [0.29, 0.717) is 150 Å². The van der Waals surface area contributed by atoms with Gasteiger partial charge in [0.1, 0.15) is 51.6 Å². The average Bonchev–Trinajstić information content (AvgIpc) is 1.58. The number of rotatable bonds is 24. The third kappa shape index (κ3) is 22.0. The van der Waals surface area contributed by atoms with Gasteiger partial charge >= 0.3 is 0 Å². The minimum Gasteiger partial charge on any atom is -0.495 e. The SMILES string of the molecule is COc1cc(-c2ncc[nH]2)ccc1Nc1ncc2c(n1)N(C1CCCC1)CC(C)(C)C(=O)N2C.COc1cc(C(=O)NC2CCC(O)CC2)ccc1Nc1ncc2c(n1)N(C1CCCC1)CC1(CC1)C(=O)N2C.COc1cc(C(=O)NC[C@@H]2CCCC[C@@H]2O)ccc1Nc1ncc2c(n1)N(C1CCCC1)CC1(CC1)C(=O)N2C.COc1cc(C(=O)NN2CCCC2)ccc1Nc1ncc2c(n1)N(C1CCCC1)CC1(CC1)C(=O)N2C. The molecule has 5 aliphatic heterocycles. The molecule has 0 bridgehead atoms. The van der Waals surface area contributed by atoms with Gasteiger partial charge in [-0.05, 0) is 228 Å². The molecule has 9 aliphatic carbocycles. The van der Waals surface area contributed by atoms with Crippen molar-refractivity contribution >= 4 is 134 Å². The minimum absolute atomic E-state index is 0.0697. The lowest BCUT2D eigenvalue weighted by molar-refractivity contribution is -0.126. The summed E-state index contributed by atoms with van der Waals surface area (Å²) in [5.74, 6) is 8.07. The molecule has 0 radical (unpaired) electrons. The number of carbonyl (C=O) groups excluding carboxylic acids is 7. The molecule has 39 nitrogen and oxygen atoms in total. The van der Waals surface area contributed by atoms with Crippen LogP contribution in [0.15, 0.2) is 110 Å². The zero-order valence-electron chi connectivity index (χ0n) is 88.0. The predicted octanol–water partition coefficient (Wildman–Crippen LogP) is 15.6. The molecule has 23 rings (SSSR count). The van der Waals surface area contributed by atoms with Crippen LogP contribution in [-0.4, -0.2) is 251 Å². The summed E-state index contributed by atoms with van der Waals surface area (Å²) >= 11 is 0. The molecule has 0 unspecified atom stereocenters. The van der Waals surface area contributed by atoms with Gasteiger partial charge in [0.2, 0.25) is 47.4 Å². The van der Waals surface area contributed by atoms with E-state index in [4.69, 9.17) is 38.9 Å². The van der Waals surface area contributed by atoms with Crippen LogP contribution in [0.3, 0.4) is 0 Å². The van der Waals surface area contributed by atoms with Crippen LogP contribution in [-0.2, 0) is 19.2 Å². The van der Waals surface area contributed by atoms with Gasteiger partial charge < -0.3 is 105 Å². The maximum absolute atomic E-state index is 13.3. The van der Waals surface area contributed by atoms with Crippen molar-refractivity contribution in [3.8, 4) is 34.4 Å². The van der Waals surface area contributed by atoms with E-state index in [0.717, 1.165) is 217 Å². The molecule has 10 heterocycles. The summed E-state index contributed by atoms with van der Waals surface area (Å²) in [4.78, 5) is 153. The molecule has 3 spiro atoms. The molecular weight excluding hydrogens is 1910 g/mol. The molecule has 9 aromatic rings. The molecule has 14 aliphatic rings. The van der Waals surface area contributed by atoms with E-state index in [1.807, 2.05) is 71.3 Å². The number of H-pyrrole nitrogens is 1. The van der Waals surface area contributed by atoms with E-state index in [2.05, 4.69) is 86.8 Å². The Morgan fingerprint density at radius 1 is 0.400 bits per heavy atom. The number of benzene rings is 4. The first-order chi connectivity index (χ1) is 72.6. The van der Waals surface area contributed by atoms with Gasteiger partial charge in [-0.1, -0.05) is 64.2 Å². The van der Waals surface area contributed by atoms with Gasteiger partial charge in [0.25, 0.3) is 17.7 Å². The average molecular weight is 2050 g/mol. The largest absolute Gasteiger partial charge is 0.495 e. The number of nitrogens with zero attached hydrogens (tertiary/aromatic N) is 18. The molecule has 9 saturated carbocycles. The molecule has 5 aromatic heterocycles. The molecule has 4 aromatic carbocycles. The van der Waals surface area contributed by atoms with Crippen molar-refractivity contribution in [2.45, 2.75) is 262 Å². The molecule has 10 fully saturated rings. The maximum atomic E-state index is 13.3. The number of hydrogen-bond donors (Lipinski definition) is 10. The second-order valence-corrected chi connectivity index (χ2v) is 44.1. The lowest BCUT2D eigenvalue weighted by Crippen LogP contribution is -2.45. The molecule has 796 valence electrons. The summed E-state index contributed by atoms with van der Waals surface area (Å²) in [6.45, 7) is 8.99. The topological polar surface area (TPSA) is 442 Å². The highest BCUT2D eigenvalue weighted by atomic mass is 16.5. The standard InChI is InChI=1S/C30H40N6O4.C29H38N6O4.C27H35N7O3.C25H31N7O2/c1-35-23-17-32-29(34-26(23)36(21-8-4-5-9-21)18-30(13-14-30)28(35)39)33-22-12-11-19(15-25(22)40-2)27(38)31-16-20-7-3-6-10-24(20)37;1-34-23-16-30-28(33-25(23)35(20-5-3-4-6-20)17-29(13-14-29)27(34)38)32-22-12-7-18(15-24(22)39-2)26(37)31-19-8-10-21(36)11-9-19;1-32-21-16-28-26(30-23(21)34(19-7-3-4-8-19)17-27(11-12-27)25(32)36)29-20-10-9-18(15-22(20)37-2)24(35)31-33-13-5-6-14-33;1-25(2)15-32(17-7-5-6-8-17)22-19(31(3)23(25)33)14-28-24(30-22)29-18-10-9-16(13-20(18)34-4)21-26-11-12-27-21/h11-12,15,17,20-21,24,37H,3-10,13-14,16,18H2,1-2H3,(H,31,38)(H,32,33,34);7,12,15-16,19-21,36H,3-6,8-11,13-14,17H2,1-2H3,(H,31,37)(H,30,32,33);9-10,15-16,19H,3-8,11-14,17H2,1-2H3,(H,31,35)(H,28,29,30);9-14,17H,5-8,15H2,1-4H3,(H,26,27)(H,28,29,30)/t20-,24-;;;/m0.../s1. The number of aliphatic hydroxyl groups is 2. The monoisotopic (exact) mass is 2050 g/mol. The Bertz CT molecular complexity index is 6440. The van der Waals surface area contributed by atoms with Crippen molar-refractivity contribution in [3.05, 3.63) is 127 Å². The van der Waals surface area contributed by atoms with E-state index in [9.17, 15) is 43.8 Å². The Morgan fingerprint density at radius 2 is 0.747 bits per heavy atom. The van der Waals surface area contributed by atoms with Crippen molar-refractivity contribution in [1.82, 2.24) is 70.9 Å². The number of aromatic nitrogens is 10. The first-order valence-electron chi connectivity index (χ1n) is 54.1. The van der Waals surface area contributed by atoms with E-state index in [1.165, 1.54) is 51.4 Å². The number of imidazole rings is 1. The number of nitrogens with one attached hydrogen (secondary N) is 8. The zero-order valence-corrected chi connectivity index (χ0v) is 88.0. The van der Waals surface area contributed by atoms with Crippen LogP contribution in [0.2, 0.25) is 0 Å². The minimum atomic E-state index is -0.517. The summed E-state index contributed by atoms with van der Waals surface area (Å²) < 4.78 is 22.5. The lowest BCUT2D eigenvalue weighted by Gasteiger charge is -2.34. The second kappa shape index (κ2) is 44.0. The number of amides is 7. The molecule has 7 amide bonds. The van der Waals surface area contributed by atoms with E-state index in [-0.39, 0.29) is 81.8 Å². The summed E-state index contributed by atoms with van der Waals surface area (Å²) in [5.41, 5.74) is 9.70. The molecule has 39 heteroatoms. The first-order valence-corrected chi connectivity index (χ1v) is 54.1. The zero-order chi connectivity index (χ0) is 104. The Morgan fingerprint density at radius 3 is 1.11 bits per heavy atom. The number of carbonyl (C=O) groups is 7. The fourth-order valence-electron chi connectivity index (χ4n) is 24.0. The van der Waals surface area contributed by atoms with Crippen LogP contribution in [0.4, 0.5) is 92.6 Å². The van der Waals surface area contributed by atoms with Crippen LogP contribution >= 0.6 is 0 Å². The number of anilines is 16. The van der Waals surface area contributed by atoms with Crippen molar-refractivity contribution in [2.75, 3.05) is 163 Å². The highest BCUT2D eigenvalue weighted by molar-refractivity contribution is 6.06. The second-order valence-electron chi connectivity index (χ2n) is 44.1. The number of aliphatic hydroxyl groups excluding tert-OH is 2. The number of hydrogen-bond acceptors (Lipinski definition) is 31. The fraction of sp³-hybridized carbons (Fsp3) is 0.550. The summed E-state index contributed by atoms with van der Waals surface area (Å²) in [5, 5.41) is 41.1. The van der Waals surface area contributed by atoms with Gasteiger partial charge in [0.15, 0.2) is 23.3 Å². The van der Waals surface area contributed by atoms with Gasteiger partial charge in [-0.2, -0.15) is 19.9 Å². The lowest BCUT2D eigenvalue weighted by atomic mass is 9.86. The van der Waals surface area contributed by atoms with E-state index in [1.54, 1.807) is 134 Å². The first kappa shape index (κ1) is 103. The highest BCUT2D eigenvalue weighted by Gasteiger charge is 2.59. The highest BCUT2D eigenvalue weighted by Crippen LogP contribution is 2.57. The Labute approximate surface area is 876 Å². The normalized spacial score (nSPS) is 22.1. The molecule has 10 N–H and O–H groups in total. The molecular formula is C111H144N26O13. The quantitative estimate of drug-likeness (QED) is 0.0269.